The molecule has 2 aromatic rings. The molecule has 1 heterocycles. The average molecular weight is 330 g/mol. The van der Waals surface area contributed by atoms with Gasteiger partial charge in [0.2, 0.25) is 0 Å². The molecule has 2 atom stereocenters. The molecule has 1 aliphatic rings. The summed E-state index contributed by atoms with van der Waals surface area (Å²) >= 11 is 0. The predicted molar refractivity (Wildman–Crippen MR) is 95.4 cm³/mol. The van der Waals surface area contributed by atoms with Gasteiger partial charge in [-0.2, -0.15) is 0 Å². The van der Waals surface area contributed by atoms with Gasteiger partial charge in [0.25, 0.3) is 0 Å². The minimum Gasteiger partial charge on any atom is -0.397 e. The third-order valence-corrected chi connectivity index (χ3v) is 4.73. The Labute approximate surface area is 142 Å². The molecule has 6 nitrogen and oxygen atoms in total. The number of hydrogen-bond acceptors (Lipinski definition) is 6. The van der Waals surface area contributed by atoms with Crippen LogP contribution < -0.4 is 16.8 Å². The normalized spacial score (nSPS) is 16.9. The number of benzene rings is 1. The van der Waals surface area contributed by atoms with E-state index in [0.29, 0.717) is 23.6 Å². The highest BCUT2D eigenvalue weighted by molar-refractivity contribution is 5.81. The lowest BCUT2D eigenvalue weighted by Crippen LogP contribution is -2.32. The first-order valence-electron chi connectivity index (χ1n) is 8.49. The standard InChI is InChI=1S/C18H26N4O2/c1-4-15(23)13-7-12(16-9(2)22-24-10(16)3)8-14(17(13)19)21-18(20)11-5-6-11/h7-8,11,15,18,21,23H,4-6,19-20H2,1-3H3. The number of aromatic nitrogens is 1. The van der Waals surface area contributed by atoms with E-state index in [-0.39, 0.29) is 6.17 Å². The van der Waals surface area contributed by atoms with Crippen molar-refractivity contribution >= 4 is 11.4 Å². The van der Waals surface area contributed by atoms with Gasteiger partial charge >= 0.3 is 0 Å². The summed E-state index contributed by atoms with van der Waals surface area (Å²) in [4.78, 5) is 0. The summed E-state index contributed by atoms with van der Waals surface area (Å²) in [5.74, 6) is 1.23. The van der Waals surface area contributed by atoms with Gasteiger partial charge in [0, 0.05) is 11.1 Å². The van der Waals surface area contributed by atoms with Crippen LogP contribution >= 0.6 is 0 Å². The fourth-order valence-corrected chi connectivity index (χ4v) is 3.08. The highest BCUT2D eigenvalue weighted by Gasteiger charge is 2.29. The van der Waals surface area contributed by atoms with Crippen LogP contribution in [0.2, 0.25) is 0 Å². The van der Waals surface area contributed by atoms with Gasteiger partial charge in [0.05, 0.1) is 29.3 Å². The van der Waals surface area contributed by atoms with Gasteiger partial charge in [-0.05, 0) is 56.7 Å². The number of nitrogens with one attached hydrogen (secondary N) is 1. The highest BCUT2D eigenvalue weighted by atomic mass is 16.5. The lowest BCUT2D eigenvalue weighted by Gasteiger charge is -2.21. The maximum atomic E-state index is 10.4. The van der Waals surface area contributed by atoms with Crippen LogP contribution in [-0.4, -0.2) is 16.4 Å². The van der Waals surface area contributed by atoms with E-state index in [1.807, 2.05) is 32.9 Å². The van der Waals surface area contributed by atoms with Crippen LogP contribution in [0.4, 0.5) is 11.4 Å². The Morgan fingerprint density at radius 3 is 2.62 bits per heavy atom. The van der Waals surface area contributed by atoms with Crippen LogP contribution in [0.5, 0.6) is 0 Å². The molecule has 24 heavy (non-hydrogen) atoms. The second kappa shape index (κ2) is 6.45. The fraction of sp³-hybridized carbons (Fsp3) is 0.500. The van der Waals surface area contributed by atoms with Crippen LogP contribution in [0.3, 0.4) is 0 Å². The monoisotopic (exact) mass is 330 g/mol. The number of nitrogens with two attached hydrogens (primary N) is 2. The summed E-state index contributed by atoms with van der Waals surface area (Å²) < 4.78 is 5.29. The van der Waals surface area contributed by atoms with Crippen molar-refractivity contribution < 1.29 is 9.63 Å². The number of nitrogen functional groups attached to an aromatic ring is 1. The Morgan fingerprint density at radius 1 is 1.38 bits per heavy atom. The predicted octanol–water partition coefficient (Wildman–Crippen LogP) is 3.09. The Hall–Kier alpha value is -2.05. The van der Waals surface area contributed by atoms with Crippen LogP contribution in [0.25, 0.3) is 11.1 Å². The quantitative estimate of drug-likeness (QED) is 0.478. The molecule has 0 aliphatic heterocycles. The third kappa shape index (κ3) is 3.12. The number of nitrogens with zero attached hydrogens (tertiary/aromatic N) is 1. The van der Waals surface area contributed by atoms with E-state index < -0.39 is 6.10 Å². The molecule has 6 heteroatoms. The Morgan fingerprint density at radius 2 is 2.08 bits per heavy atom. The molecule has 3 rings (SSSR count). The van der Waals surface area contributed by atoms with Crippen LogP contribution in [-0.2, 0) is 0 Å². The molecule has 1 aromatic heterocycles. The maximum absolute atomic E-state index is 10.4. The lowest BCUT2D eigenvalue weighted by molar-refractivity contribution is 0.174. The zero-order valence-electron chi connectivity index (χ0n) is 14.5. The summed E-state index contributed by atoms with van der Waals surface area (Å²) in [6, 6.07) is 3.89. The van der Waals surface area contributed by atoms with Crippen molar-refractivity contribution in [3.63, 3.8) is 0 Å². The molecule has 0 radical (unpaired) electrons. The van der Waals surface area contributed by atoms with Gasteiger partial charge < -0.3 is 26.4 Å². The van der Waals surface area contributed by atoms with E-state index in [1.54, 1.807) is 0 Å². The first-order chi connectivity index (χ1) is 11.4. The van der Waals surface area contributed by atoms with Gasteiger partial charge in [0.15, 0.2) is 0 Å². The smallest absolute Gasteiger partial charge is 0.141 e. The van der Waals surface area contributed by atoms with Crippen molar-refractivity contribution in [3.8, 4) is 11.1 Å². The summed E-state index contributed by atoms with van der Waals surface area (Å²) in [5.41, 5.74) is 17.2. The van der Waals surface area contributed by atoms with Crippen LogP contribution in [0.15, 0.2) is 16.7 Å². The Balaban J connectivity index is 2.08. The van der Waals surface area contributed by atoms with E-state index in [0.717, 1.165) is 41.1 Å². The van der Waals surface area contributed by atoms with Gasteiger partial charge in [-0.3, -0.25) is 0 Å². The first-order valence-corrected chi connectivity index (χ1v) is 8.49. The van der Waals surface area contributed by atoms with Crippen molar-refractivity contribution in [2.24, 2.45) is 11.7 Å². The number of hydrogen-bond donors (Lipinski definition) is 4. The number of anilines is 2. The summed E-state index contributed by atoms with van der Waals surface area (Å²) in [6.07, 6.45) is 2.12. The molecule has 1 aliphatic carbocycles. The molecule has 0 bridgehead atoms. The second-order valence-corrected chi connectivity index (χ2v) is 6.66. The maximum Gasteiger partial charge on any atom is 0.141 e. The number of aryl methyl sites for hydroxylation is 2. The SMILES string of the molecule is CCC(O)c1cc(-c2c(C)noc2C)cc(NC(N)C2CC2)c1N. The van der Waals surface area contributed by atoms with Crippen LogP contribution in [0.1, 0.15) is 49.3 Å². The van der Waals surface area contributed by atoms with Crippen molar-refractivity contribution in [3.05, 3.63) is 29.2 Å². The number of aliphatic hydroxyl groups is 1. The van der Waals surface area contributed by atoms with Crippen LogP contribution in [0, 0.1) is 19.8 Å². The summed E-state index contributed by atoms with van der Waals surface area (Å²) in [6.45, 7) is 5.71. The van der Waals surface area contributed by atoms with Crippen molar-refractivity contribution in [1.29, 1.82) is 0 Å². The molecule has 1 aromatic carbocycles. The molecular weight excluding hydrogens is 304 g/mol. The number of rotatable bonds is 6. The lowest BCUT2D eigenvalue weighted by atomic mass is 9.95. The minimum atomic E-state index is -0.622. The average Bonchev–Trinajstić information content (AvgIpc) is 3.35. The van der Waals surface area contributed by atoms with Crippen molar-refractivity contribution in [2.75, 3.05) is 11.1 Å². The van der Waals surface area contributed by atoms with E-state index in [2.05, 4.69) is 10.5 Å². The van der Waals surface area contributed by atoms with E-state index in [9.17, 15) is 5.11 Å². The number of aliphatic hydroxyl groups excluding tert-OH is 1. The molecule has 2 unspecified atom stereocenters. The molecule has 130 valence electrons. The topological polar surface area (TPSA) is 110 Å². The van der Waals surface area contributed by atoms with Gasteiger partial charge in [-0.15, -0.1) is 0 Å². The molecular formula is C18H26N4O2. The second-order valence-electron chi connectivity index (χ2n) is 6.66. The zero-order valence-corrected chi connectivity index (χ0v) is 14.5. The molecule has 0 amide bonds. The first kappa shape index (κ1) is 16.8. The molecule has 1 fully saturated rings. The van der Waals surface area contributed by atoms with Crippen molar-refractivity contribution in [1.82, 2.24) is 5.16 Å². The van der Waals surface area contributed by atoms with Gasteiger partial charge in [-0.1, -0.05) is 12.1 Å². The molecule has 0 spiro atoms. The van der Waals surface area contributed by atoms with Crippen molar-refractivity contribution in [2.45, 2.75) is 52.3 Å². The summed E-state index contributed by atoms with van der Waals surface area (Å²) in [7, 11) is 0. The van der Waals surface area contributed by atoms with Gasteiger partial charge in [-0.25, -0.2) is 0 Å². The molecule has 1 saturated carbocycles. The molecule has 6 N–H and O–H groups in total. The Bertz CT molecular complexity index is 717. The Kier molecular flexibility index (Phi) is 4.51. The summed E-state index contributed by atoms with van der Waals surface area (Å²) in [5, 5.41) is 17.7. The zero-order chi connectivity index (χ0) is 17.4. The minimum absolute atomic E-state index is 0.126. The van der Waals surface area contributed by atoms with E-state index in [4.69, 9.17) is 16.0 Å². The largest absolute Gasteiger partial charge is 0.397 e. The molecule has 0 saturated heterocycles. The van der Waals surface area contributed by atoms with E-state index >= 15 is 0 Å². The van der Waals surface area contributed by atoms with E-state index in [1.165, 1.54) is 0 Å². The third-order valence-electron chi connectivity index (χ3n) is 4.73. The highest BCUT2D eigenvalue weighted by Crippen LogP contribution is 2.39. The van der Waals surface area contributed by atoms with Gasteiger partial charge in [0.1, 0.15) is 5.76 Å². The fourth-order valence-electron chi connectivity index (χ4n) is 3.08.